The molecule has 2 N–H and O–H groups in total. The molecule has 0 saturated carbocycles. The quantitative estimate of drug-likeness (QED) is 0.816. The van der Waals surface area contributed by atoms with E-state index in [1.807, 2.05) is 0 Å². The summed E-state index contributed by atoms with van der Waals surface area (Å²) >= 11 is 0. The molecule has 1 aromatic rings. The van der Waals surface area contributed by atoms with Crippen molar-refractivity contribution in [3.63, 3.8) is 0 Å². The van der Waals surface area contributed by atoms with Crippen molar-refractivity contribution in [1.29, 1.82) is 0 Å². The van der Waals surface area contributed by atoms with Gasteiger partial charge in [-0.15, -0.1) is 13.2 Å². The second kappa shape index (κ2) is 4.06. The van der Waals surface area contributed by atoms with Crippen molar-refractivity contribution in [2.75, 3.05) is 5.73 Å². The highest BCUT2D eigenvalue weighted by Gasteiger charge is 2.33. The minimum Gasteiger partial charge on any atom is -0.402 e. The molecular formula is C7H4F6N2O. The molecule has 0 aromatic carbocycles. The minimum atomic E-state index is -5.10. The fourth-order valence-electron chi connectivity index (χ4n) is 0.861. The normalized spacial score (nSPS) is 11.9. The zero-order valence-corrected chi connectivity index (χ0v) is 7.36. The van der Waals surface area contributed by atoms with E-state index >= 15 is 0 Å². The van der Waals surface area contributed by atoms with Crippen molar-refractivity contribution in [1.82, 2.24) is 4.98 Å². The third-order valence-corrected chi connectivity index (χ3v) is 1.43. The summed E-state index contributed by atoms with van der Waals surface area (Å²) in [5.41, 5.74) is 3.57. The first-order valence-corrected chi connectivity index (χ1v) is 3.70. The first kappa shape index (κ1) is 12.4. The number of alkyl halides is 5. The topological polar surface area (TPSA) is 48.1 Å². The number of ether oxygens (including phenoxy) is 1. The number of aromatic nitrogens is 1. The fourth-order valence-corrected chi connectivity index (χ4v) is 0.861. The van der Waals surface area contributed by atoms with E-state index in [4.69, 9.17) is 5.73 Å². The standard InChI is InChI=1S/C7H4F6N2O/c8-2-1-3(16-7(11,12)13)6(14)15-4(2)5(9)10/h1,5H,(H2,14,15). The third kappa shape index (κ3) is 2.91. The van der Waals surface area contributed by atoms with Crippen LogP contribution in [0.4, 0.5) is 32.2 Å². The van der Waals surface area contributed by atoms with Gasteiger partial charge in [0.25, 0.3) is 6.43 Å². The Bertz CT molecular complexity index is 391. The zero-order chi connectivity index (χ0) is 12.5. The van der Waals surface area contributed by atoms with Crippen molar-refractivity contribution < 1.29 is 31.1 Å². The molecule has 0 saturated heterocycles. The van der Waals surface area contributed by atoms with Crippen molar-refractivity contribution in [3.8, 4) is 5.75 Å². The lowest BCUT2D eigenvalue weighted by Gasteiger charge is -2.11. The lowest BCUT2D eigenvalue weighted by molar-refractivity contribution is -0.274. The van der Waals surface area contributed by atoms with E-state index in [-0.39, 0.29) is 6.07 Å². The van der Waals surface area contributed by atoms with Gasteiger partial charge >= 0.3 is 6.36 Å². The summed E-state index contributed by atoms with van der Waals surface area (Å²) in [6, 6.07) is 0.108. The van der Waals surface area contributed by atoms with E-state index in [1.165, 1.54) is 0 Å². The van der Waals surface area contributed by atoms with Crippen LogP contribution in [-0.4, -0.2) is 11.3 Å². The number of nitrogens with two attached hydrogens (primary N) is 1. The third-order valence-electron chi connectivity index (χ3n) is 1.43. The molecular weight excluding hydrogens is 242 g/mol. The van der Waals surface area contributed by atoms with Crippen LogP contribution in [0.2, 0.25) is 0 Å². The van der Waals surface area contributed by atoms with Crippen molar-refractivity contribution in [2.45, 2.75) is 12.8 Å². The van der Waals surface area contributed by atoms with Gasteiger partial charge in [0.05, 0.1) is 0 Å². The second-order valence-corrected chi connectivity index (χ2v) is 2.59. The lowest BCUT2D eigenvalue weighted by atomic mass is 10.3. The fraction of sp³-hybridized carbons (Fsp3) is 0.286. The maximum atomic E-state index is 12.8. The average Bonchev–Trinajstić information content (AvgIpc) is 2.07. The Kier molecular flexibility index (Phi) is 3.15. The molecule has 0 radical (unpaired) electrons. The molecule has 0 aliphatic heterocycles. The number of nitrogens with zero attached hydrogens (tertiary/aromatic N) is 1. The molecule has 0 amide bonds. The Morgan fingerprint density at radius 2 is 1.88 bits per heavy atom. The Morgan fingerprint density at radius 3 is 2.31 bits per heavy atom. The number of rotatable bonds is 2. The monoisotopic (exact) mass is 246 g/mol. The predicted octanol–water partition coefficient (Wildman–Crippen LogP) is 2.64. The van der Waals surface area contributed by atoms with Gasteiger partial charge in [0.15, 0.2) is 17.4 Å². The smallest absolute Gasteiger partial charge is 0.402 e. The summed E-state index contributed by atoms with van der Waals surface area (Å²) in [5, 5.41) is 0. The molecule has 0 aliphatic rings. The van der Waals surface area contributed by atoms with Gasteiger partial charge in [-0.3, -0.25) is 0 Å². The van der Waals surface area contributed by atoms with E-state index < -0.39 is 35.9 Å². The molecule has 0 spiro atoms. The van der Waals surface area contributed by atoms with E-state index in [0.717, 1.165) is 0 Å². The number of anilines is 1. The van der Waals surface area contributed by atoms with Crippen LogP contribution in [0.1, 0.15) is 12.1 Å². The van der Waals surface area contributed by atoms with Gasteiger partial charge in [-0.2, -0.15) is 0 Å². The Balaban J connectivity index is 3.11. The maximum absolute atomic E-state index is 12.8. The maximum Gasteiger partial charge on any atom is 0.573 e. The van der Waals surface area contributed by atoms with Crippen molar-refractivity contribution >= 4 is 5.82 Å². The van der Waals surface area contributed by atoms with Crippen LogP contribution >= 0.6 is 0 Å². The predicted molar refractivity (Wildman–Crippen MR) is 40.2 cm³/mol. The first-order valence-electron chi connectivity index (χ1n) is 3.70. The van der Waals surface area contributed by atoms with Crippen LogP contribution in [0.3, 0.4) is 0 Å². The molecule has 0 atom stereocenters. The van der Waals surface area contributed by atoms with Gasteiger partial charge in [-0.25, -0.2) is 18.2 Å². The Labute approximate surface area is 84.8 Å². The zero-order valence-electron chi connectivity index (χ0n) is 7.36. The molecule has 0 unspecified atom stereocenters. The van der Waals surface area contributed by atoms with Crippen LogP contribution < -0.4 is 10.5 Å². The van der Waals surface area contributed by atoms with Gasteiger partial charge in [-0.05, 0) is 0 Å². The second-order valence-electron chi connectivity index (χ2n) is 2.59. The summed E-state index contributed by atoms with van der Waals surface area (Å²) in [6.45, 7) is 0. The van der Waals surface area contributed by atoms with Gasteiger partial charge in [0, 0.05) is 6.07 Å². The Morgan fingerprint density at radius 1 is 1.31 bits per heavy atom. The van der Waals surface area contributed by atoms with Crippen LogP contribution in [0.15, 0.2) is 6.07 Å². The van der Waals surface area contributed by atoms with E-state index in [0.29, 0.717) is 0 Å². The molecule has 16 heavy (non-hydrogen) atoms. The van der Waals surface area contributed by atoms with Gasteiger partial charge in [0.2, 0.25) is 0 Å². The highest BCUT2D eigenvalue weighted by molar-refractivity contribution is 5.47. The van der Waals surface area contributed by atoms with Crippen molar-refractivity contribution in [2.24, 2.45) is 0 Å². The summed E-state index contributed by atoms with van der Waals surface area (Å²) in [5.74, 6) is -3.74. The highest BCUT2D eigenvalue weighted by atomic mass is 19.4. The highest BCUT2D eigenvalue weighted by Crippen LogP contribution is 2.31. The number of pyridine rings is 1. The molecule has 1 rings (SSSR count). The van der Waals surface area contributed by atoms with E-state index in [1.54, 1.807) is 0 Å². The largest absolute Gasteiger partial charge is 0.573 e. The van der Waals surface area contributed by atoms with Gasteiger partial charge < -0.3 is 10.5 Å². The lowest BCUT2D eigenvalue weighted by Crippen LogP contribution is -2.19. The summed E-state index contributed by atoms with van der Waals surface area (Å²) in [4.78, 5) is 2.78. The average molecular weight is 246 g/mol. The number of hydrogen-bond acceptors (Lipinski definition) is 3. The summed E-state index contributed by atoms with van der Waals surface area (Å²) in [6.07, 6.45) is -8.38. The van der Waals surface area contributed by atoms with Crippen LogP contribution in [0.25, 0.3) is 0 Å². The first-order chi connectivity index (χ1) is 7.20. The molecule has 1 aromatic heterocycles. The molecule has 0 aliphatic carbocycles. The summed E-state index contributed by atoms with van der Waals surface area (Å²) in [7, 11) is 0. The molecule has 3 nitrogen and oxygen atoms in total. The minimum absolute atomic E-state index is 0.108. The molecule has 9 heteroatoms. The molecule has 0 fully saturated rings. The molecule has 1 heterocycles. The van der Waals surface area contributed by atoms with Crippen LogP contribution in [-0.2, 0) is 0 Å². The van der Waals surface area contributed by atoms with E-state index in [9.17, 15) is 26.3 Å². The van der Waals surface area contributed by atoms with Gasteiger partial charge in [-0.1, -0.05) is 0 Å². The van der Waals surface area contributed by atoms with E-state index in [2.05, 4.69) is 9.72 Å². The molecule has 0 bridgehead atoms. The number of nitrogen functional groups attached to an aromatic ring is 1. The van der Waals surface area contributed by atoms with Gasteiger partial charge in [0.1, 0.15) is 5.69 Å². The number of halogens is 6. The Hall–Kier alpha value is -1.67. The molecule has 90 valence electrons. The number of hydrogen-bond donors (Lipinski definition) is 1. The van der Waals surface area contributed by atoms with Crippen molar-refractivity contribution in [3.05, 3.63) is 17.6 Å². The van der Waals surface area contributed by atoms with Crippen LogP contribution in [0.5, 0.6) is 5.75 Å². The summed E-state index contributed by atoms with van der Waals surface area (Å²) < 4.78 is 75.4. The van der Waals surface area contributed by atoms with Crippen LogP contribution in [0, 0.1) is 5.82 Å². The SMILES string of the molecule is Nc1nc(C(F)F)c(F)cc1OC(F)(F)F.